The van der Waals surface area contributed by atoms with E-state index in [9.17, 15) is 0 Å². The number of azo groups is 1. The number of hydrogen-bond acceptors (Lipinski definition) is 5. The van der Waals surface area contributed by atoms with Gasteiger partial charge in [-0.15, -0.1) is 10.2 Å². The quantitative estimate of drug-likeness (QED) is 0.798. The van der Waals surface area contributed by atoms with Gasteiger partial charge in [0.15, 0.2) is 12.1 Å². The molecule has 0 amide bonds. The lowest BCUT2D eigenvalue weighted by Gasteiger charge is -2.07. The lowest BCUT2D eigenvalue weighted by Crippen LogP contribution is -2.29. The minimum Gasteiger partial charge on any atom is -0.496 e. The van der Waals surface area contributed by atoms with Crippen molar-refractivity contribution in [2.24, 2.45) is 15.2 Å². The van der Waals surface area contributed by atoms with Gasteiger partial charge in [-0.05, 0) is 12.1 Å². The van der Waals surface area contributed by atoms with E-state index in [-0.39, 0.29) is 6.29 Å². The zero-order chi connectivity index (χ0) is 11.7. The summed E-state index contributed by atoms with van der Waals surface area (Å²) in [5.74, 6) is 1.37. The normalized spacial score (nSPS) is 21.1. The van der Waals surface area contributed by atoms with Gasteiger partial charge in [0.25, 0.3) is 0 Å². The largest absolute Gasteiger partial charge is 0.496 e. The number of aliphatic imine (C=N–C) groups is 1. The van der Waals surface area contributed by atoms with Gasteiger partial charge in [-0.25, -0.2) is 4.99 Å². The van der Waals surface area contributed by atoms with Crippen molar-refractivity contribution in [3.63, 3.8) is 0 Å². The van der Waals surface area contributed by atoms with Gasteiger partial charge in [0.05, 0.1) is 12.7 Å². The predicted molar refractivity (Wildman–Crippen MR) is 63.8 cm³/mol. The molecule has 2 N–H and O–H groups in total. The molecule has 1 saturated heterocycles. The maximum absolute atomic E-state index is 5.31. The Labute approximate surface area is 98.8 Å². The lowest BCUT2D eigenvalue weighted by molar-refractivity contribution is 0.414. The Bertz CT molecular complexity index is 491. The first-order valence-corrected chi connectivity index (χ1v) is 5.52. The fourth-order valence-corrected chi connectivity index (χ4v) is 1.94. The number of fused-ring (bicyclic) bond motifs is 1. The van der Waals surface area contributed by atoms with Crippen molar-refractivity contribution in [1.82, 2.24) is 10.6 Å². The third-order valence-electron chi connectivity index (χ3n) is 2.75. The van der Waals surface area contributed by atoms with Crippen LogP contribution in [0, 0.1) is 0 Å². The molecule has 0 atom stereocenters. The fraction of sp³-hybridized carbons (Fsp3) is 0.364. The molecule has 2 heterocycles. The highest BCUT2D eigenvalue weighted by molar-refractivity contribution is 6.08. The van der Waals surface area contributed by atoms with Crippen molar-refractivity contribution in [3.05, 3.63) is 23.8 Å². The number of rotatable bonds is 2. The fourth-order valence-electron chi connectivity index (χ4n) is 1.94. The van der Waals surface area contributed by atoms with E-state index < -0.39 is 0 Å². The standard InChI is InChI=1S/C11H13N5O/c1-17-8-4-2-3-7-9(8)10(16-15-7)14-11-12-5-6-13-11/h2-4,11-13H,5-6H2,1H3. The van der Waals surface area contributed by atoms with Crippen molar-refractivity contribution in [3.8, 4) is 5.75 Å². The first-order valence-electron chi connectivity index (χ1n) is 5.52. The van der Waals surface area contributed by atoms with Gasteiger partial charge in [0.2, 0.25) is 0 Å². The molecule has 0 bridgehead atoms. The molecule has 1 aromatic carbocycles. The molecule has 1 aromatic rings. The van der Waals surface area contributed by atoms with E-state index in [0.717, 1.165) is 30.1 Å². The van der Waals surface area contributed by atoms with Crippen LogP contribution >= 0.6 is 0 Å². The Balaban J connectivity index is 1.99. The van der Waals surface area contributed by atoms with Crippen LogP contribution in [0.2, 0.25) is 0 Å². The Morgan fingerprint density at radius 2 is 2.12 bits per heavy atom. The third-order valence-corrected chi connectivity index (χ3v) is 2.75. The Kier molecular flexibility index (Phi) is 2.58. The molecule has 2 aliphatic rings. The summed E-state index contributed by atoms with van der Waals surface area (Å²) in [4.78, 5) is 4.48. The summed E-state index contributed by atoms with van der Waals surface area (Å²) in [5.41, 5.74) is 1.67. The molecule has 0 saturated carbocycles. The van der Waals surface area contributed by atoms with E-state index in [1.54, 1.807) is 7.11 Å². The number of nitrogens with one attached hydrogen (secondary N) is 2. The van der Waals surface area contributed by atoms with Gasteiger partial charge in [0.1, 0.15) is 11.4 Å². The Hall–Kier alpha value is -1.79. The zero-order valence-corrected chi connectivity index (χ0v) is 9.47. The van der Waals surface area contributed by atoms with Crippen LogP contribution in [-0.4, -0.2) is 32.3 Å². The summed E-state index contributed by atoms with van der Waals surface area (Å²) in [6, 6.07) is 5.69. The van der Waals surface area contributed by atoms with E-state index in [4.69, 9.17) is 4.74 Å². The molecule has 6 heteroatoms. The monoisotopic (exact) mass is 231 g/mol. The van der Waals surface area contributed by atoms with Crippen LogP contribution in [-0.2, 0) is 0 Å². The van der Waals surface area contributed by atoms with Crippen LogP contribution in [0.25, 0.3) is 0 Å². The molecule has 0 aliphatic carbocycles. The third kappa shape index (κ3) is 1.81. The Morgan fingerprint density at radius 1 is 1.29 bits per heavy atom. The Morgan fingerprint density at radius 3 is 2.88 bits per heavy atom. The molecular formula is C11H13N5O. The van der Waals surface area contributed by atoms with Crippen LogP contribution in [0.4, 0.5) is 5.69 Å². The summed E-state index contributed by atoms with van der Waals surface area (Å²) in [6.45, 7) is 1.83. The molecule has 0 aromatic heterocycles. The molecular weight excluding hydrogens is 218 g/mol. The second kappa shape index (κ2) is 4.23. The molecule has 0 unspecified atom stereocenters. The zero-order valence-electron chi connectivity index (χ0n) is 9.47. The maximum Gasteiger partial charge on any atom is 0.186 e. The summed E-state index contributed by atoms with van der Waals surface area (Å²) < 4.78 is 5.31. The summed E-state index contributed by atoms with van der Waals surface area (Å²) in [7, 11) is 1.64. The summed E-state index contributed by atoms with van der Waals surface area (Å²) >= 11 is 0. The minimum absolute atomic E-state index is 0.0835. The topological polar surface area (TPSA) is 70.4 Å². The molecule has 3 rings (SSSR count). The molecule has 0 radical (unpaired) electrons. The maximum atomic E-state index is 5.31. The molecule has 88 valence electrons. The van der Waals surface area contributed by atoms with Crippen LogP contribution in [0.3, 0.4) is 0 Å². The van der Waals surface area contributed by atoms with Gasteiger partial charge in [-0.2, -0.15) is 0 Å². The van der Waals surface area contributed by atoms with Crippen molar-refractivity contribution >= 4 is 11.5 Å². The highest BCUT2D eigenvalue weighted by Crippen LogP contribution is 2.34. The number of amidine groups is 1. The van der Waals surface area contributed by atoms with E-state index in [0.29, 0.717) is 5.84 Å². The highest BCUT2D eigenvalue weighted by atomic mass is 16.5. The number of nitrogens with zero attached hydrogens (tertiary/aromatic N) is 3. The smallest absolute Gasteiger partial charge is 0.186 e. The van der Waals surface area contributed by atoms with Gasteiger partial charge in [-0.3, -0.25) is 10.6 Å². The minimum atomic E-state index is -0.0835. The van der Waals surface area contributed by atoms with Crippen LogP contribution in [0.15, 0.2) is 33.4 Å². The van der Waals surface area contributed by atoms with E-state index in [1.807, 2.05) is 18.2 Å². The molecule has 6 nitrogen and oxygen atoms in total. The van der Waals surface area contributed by atoms with Gasteiger partial charge >= 0.3 is 0 Å². The van der Waals surface area contributed by atoms with Gasteiger partial charge in [0, 0.05) is 13.1 Å². The van der Waals surface area contributed by atoms with E-state index >= 15 is 0 Å². The SMILES string of the molecule is COc1cccc2c1C(=NC1NCCN1)N=N2. The number of hydrogen-bond donors (Lipinski definition) is 2. The number of methoxy groups -OCH3 is 1. The van der Waals surface area contributed by atoms with Crippen molar-refractivity contribution in [2.75, 3.05) is 20.2 Å². The highest BCUT2D eigenvalue weighted by Gasteiger charge is 2.22. The van der Waals surface area contributed by atoms with Crippen LogP contribution < -0.4 is 15.4 Å². The van der Waals surface area contributed by atoms with E-state index in [2.05, 4.69) is 25.9 Å². The first kappa shape index (κ1) is 10.4. The number of ether oxygens (including phenoxy) is 1. The second-order valence-corrected chi connectivity index (χ2v) is 3.82. The summed E-state index contributed by atoms with van der Waals surface area (Å²) in [6.07, 6.45) is -0.0835. The van der Waals surface area contributed by atoms with Crippen LogP contribution in [0.1, 0.15) is 5.56 Å². The van der Waals surface area contributed by atoms with Crippen molar-refractivity contribution in [2.45, 2.75) is 6.29 Å². The van der Waals surface area contributed by atoms with Crippen molar-refractivity contribution < 1.29 is 4.74 Å². The average Bonchev–Trinajstić information content (AvgIpc) is 2.99. The number of benzene rings is 1. The van der Waals surface area contributed by atoms with Gasteiger partial charge in [-0.1, -0.05) is 6.07 Å². The predicted octanol–water partition coefficient (Wildman–Crippen LogP) is 1.02. The average molecular weight is 231 g/mol. The molecule has 1 fully saturated rings. The van der Waals surface area contributed by atoms with Crippen molar-refractivity contribution in [1.29, 1.82) is 0 Å². The molecule has 17 heavy (non-hydrogen) atoms. The summed E-state index contributed by atoms with van der Waals surface area (Å²) in [5, 5.41) is 14.6. The van der Waals surface area contributed by atoms with Crippen LogP contribution in [0.5, 0.6) is 5.75 Å². The molecule has 0 spiro atoms. The lowest BCUT2D eigenvalue weighted by atomic mass is 10.1. The second-order valence-electron chi connectivity index (χ2n) is 3.82. The first-order chi connectivity index (χ1) is 8.38. The molecule has 2 aliphatic heterocycles. The van der Waals surface area contributed by atoms with E-state index in [1.165, 1.54) is 0 Å². The van der Waals surface area contributed by atoms with Gasteiger partial charge < -0.3 is 4.74 Å².